The lowest BCUT2D eigenvalue weighted by atomic mass is 9.77. The van der Waals surface area contributed by atoms with Crippen LogP contribution in [-0.2, 0) is 4.79 Å². The lowest BCUT2D eigenvalue weighted by Crippen LogP contribution is -2.50. The summed E-state index contributed by atoms with van der Waals surface area (Å²) < 4.78 is 8.02. The van der Waals surface area contributed by atoms with Crippen LogP contribution in [0.1, 0.15) is 43.5 Å². The van der Waals surface area contributed by atoms with E-state index in [4.69, 9.17) is 16.3 Å². The number of aromatic nitrogens is 1. The molecule has 188 valence electrons. The summed E-state index contributed by atoms with van der Waals surface area (Å²) in [4.78, 5) is 30.7. The number of benzene rings is 2. The van der Waals surface area contributed by atoms with E-state index in [0.29, 0.717) is 42.5 Å². The molecule has 0 aliphatic carbocycles. The van der Waals surface area contributed by atoms with Gasteiger partial charge in [0.2, 0.25) is 0 Å². The number of carbonyl (C=O) groups excluding carboxylic acids is 2. The Morgan fingerprint density at radius 1 is 0.861 bits per heavy atom. The maximum atomic E-state index is 13.4. The normalized spacial score (nSPS) is 17.4. The molecule has 0 unspecified atom stereocenters. The Hall–Kier alpha value is -3.25. The van der Waals surface area contributed by atoms with Gasteiger partial charge in [-0.25, -0.2) is 0 Å². The van der Waals surface area contributed by atoms with Gasteiger partial charge >= 0.3 is 0 Å². The quantitative estimate of drug-likeness (QED) is 0.463. The van der Waals surface area contributed by atoms with E-state index in [1.807, 2.05) is 75.3 Å². The third-order valence-electron chi connectivity index (χ3n) is 7.57. The van der Waals surface area contributed by atoms with Crippen molar-refractivity contribution in [1.29, 1.82) is 0 Å². The summed E-state index contributed by atoms with van der Waals surface area (Å²) in [6, 6.07) is 18.9. The van der Waals surface area contributed by atoms with E-state index in [9.17, 15) is 9.59 Å². The first kappa shape index (κ1) is 24.4. The van der Waals surface area contributed by atoms with Gasteiger partial charge in [0.1, 0.15) is 5.75 Å². The van der Waals surface area contributed by atoms with Crippen LogP contribution in [-0.4, -0.2) is 58.0 Å². The molecule has 6 nitrogen and oxygen atoms in total. The minimum absolute atomic E-state index is 0.0292. The molecular weight excluding hydrogens is 474 g/mol. The van der Waals surface area contributed by atoms with Crippen LogP contribution in [0.15, 0.2) is 73.1 Å². The smallest absolute Gasteiger partial charge is 0.266 e. The predicted octanol–water partition coefficient (Wildman–Crippen LogP) is 5.44. The summed E-state index contributed by atoms with van der Waals surface area (Å²) in [7, 11) is 0. The fraction of sp³-hybridized carbons (Fsp3) is 0.379. The number of rotatable bonds is 5. The molecule has 0 saturated carbocycles. The number of ether oxygens (including phenoxy) is 1. The zero-order valence-electron chi connectivity index (χ0n) is 20.8. The molecule has 1 aromatic heterocycles. The number of halogens is 1. The van der Waals surface area contributed by atoms with Crippen molar-refractivity contribution in [3.05, 3.63) is 83.6 Å². The number of hydrogen-bond donors (Lipinski definition) is 0. The maximum absolute atomic E-state index is 13.4. The van der Waals surface area contributed by atoms with Crippen LogP contribution in [0.25, 0.3) is 5.69 Å². The van der Waals surface area contributed by atoms with Crippen LogP contribution in [0.4, 0.5) is 0 Å². The highest BCUT2D eigenvalue weighted by Crippen LogP contribution is 2.42. The lowest BCUT2D eigenvalue weighted by Gasteiger charge is -2.40. The van der Waals surface area contributed by atoms with Gasteiger partial charge in [-0.3, -0.25) is 9.59 Å². The molecule has 7 heteroatoms. The SMILES string of the molecule is CC(C)(Oc1ccccc1Cl)C(=O)N1CCC2(CCN(C(=O)c3ccccc3-n3cccc3)CC2)C1. The number of para-hydroxylation sites is 2. The monoisotopic (exact) mass is 505 g/mol. The van der Waals surface area contributed by atoms with E-state index in [0.717, 1.165) is 24.9 Å². The number of hydrogen-bond acceptors (Lipinski definition) is 3. The summed E-state index contributed by atoms with van der Waals surface area (Å²) >= 11 is 6.25. The molecule has 3 heterocycles. The molecule has 0 radical (unpaired) electrons. The molecule has 36 heavy (non-hydrogen) atoms. The summed E-state index contributed by atoms with van der Waals surface area (Å²) in [5.74, 6) is 0.547. The van der Waals surface area contributed by atoms with Gasteiger partial charge in [0.15, 0.2) is 5.60 Å². The highest BCUT2D eigenvalue weighted by atomic mass is 35.5. The number of piperidine rings is 1. The van der Waals surface area contributed by atoms with Gasteiger partial charge in [-0.05, 0) is 74.9 Å². The molecule has 0 bridgehead atoms. The average Bonchev–Trinajstić information content (AvgIpc) is 3.56. The van der Waals surface area contributed by atoms with Gasteiger partial charge in [0.25, 0.3) is 11.8 Å². The van der Waals surface area contributed by atoms with Crippen molar-refractivity contribution in [2.75, 3.05) is 26.2 Å². The minimum Gasteiger partial charge on any atom is -0.476 e. The zero-order valence-corrected chi connectivity index (χ0v) is 21.6. The van der Waals surface area contributed by atoms with Crippen molar-refractivity contribution in [2.45, 2.75) is 38.7 Å². The van der Waals surface area contributed by atoms with E-state index in [2.05, 4.69) is 0 Å². The van der Waals surface area contributed by atoms with Gasteiger partial charge in [0, 0.05) is 38.6 Å². The van der Waals surface area contributed by atoms with Crippen molar-refractivity contribution in [3.8, 4) is 11.4 Å². The van der Waals surface area contributed by atoms with Crippen LogP contribution in [0.2, 0.25) is 5.02 Å². The lowest BCUT2D eigenvalue weighted by molar-refractivity contribution is -0.144. The van der Waals surface area contributed by atoms with Crippen LogP contribution in [0.3, 0.4) is 0 Å². The summed E-state index contributed by atoms with van der Waals surface area (Å²) in [5.41, 5.74) is 0.639. The van der Waals surface area contributed by atoms with E-state index >= 15 is 0 Å². The highest BCUT2D eigenvalue weighted by molar-refractivity contribution is 6.32. The van der Waals surface area contributed by atoms with Gasteiger partial charge in [-0.2, -0.15) is 0 Å². The average molecular weight is 506 g/mol. The summed E-state index contributed by atoms with van der Waals surface area (Å²) in [6.07, 6.45) is 6.64. The van der Waals surface area contributed by atoms with Gasteiger partial charge in [0.05, 0.1) is 16.3 Å². The molecule has 0 N–H and O–H groups in total. The molecule has 2 amide bonds. The second kappa shape index (κ2) is 9.66. The van der Waals surface area contributed by atoms with Crippen LogP contribution < -0.4 is 4.74 Å². The third kappa shape index (κ3) is 4.74. The third-order valence-corrected chi connectivity index (χ3v) is 7.88. The van der Waals surface area contributed by atoms with Gasteiger partial charge in [-0.1, -0.05) is 35.9 Å². The van der Waals surface area contributed by atoms with Gasteiger partial charge in [-0.15, -0.1) is 0 Å². The van der Waals surface area contributed by atoms with E-state index < -0.39 is 5.60 Å². The number of amides is 2. The predicted molar refractivity (Wildman–Crippen MR) is 141 cm³/mol. The van der Waals surface area contributed by atoms with Crippen molar-refractivity contribution in [2.24, 2.45) is 5.41 Å². The Kier molecular flexibility index (Phi) is 6.56. The van der Waals surface area contributed by atoms with Crippen LogP contribution >= 0.6 is 11.6 Å². The first-order chi connectivity index (χ1) is 17.3. The largest absolute Gasteiger partial charge is 0.476 e. The van der Waals surface area contributed by atoms with Crippen molar-refractivity contribution in [1.82, 2.24) is 14.4 Å². The minimum atomic E-state index is -1.02. The molecular formula is C29H32ClN3O3. The number of likely N-dealkylation sites (tertiary alicyclic amines) is 2. The van der Waals surface area contributed by atoms with Crippen molar-refractivity contribution in [3.63, 3.8) is 0 Å². The molecule has 2 aliphatic heterocycles. The Balaban J connectivity index is 1.22. The van der Waals surface area contributed by atoms with Gasteiger partial charge < -0.3 is 19.1 Å². The van der Waals surface area contributed by atoms with Crippen LogP contribution in [0, 0.1) is 5.41 Å². The van der Waals surface area contributed by atoms with E-state index in [1.165, 1.54) is 0 Å². The fourth-order valence-electron chi connectivity index (χ4n) is 5.47. The second-order valence-electron chi connectivity index (χ2n) is 10.4. The summed E-state index contributed by atoms with van der Waals surface area (Å²) in [6.45, 7) is 6.39. The van der Waals surface area contributed by atoms with Crippen LogP contribution in [0.5, 0.6) is 5.75 Å². The molecule has 0 atom stereocenters. The van der Waals surface area contributed by atoms with Crippen molar-refractivity contribution >= 4 is 23.4 Å². The zero-order chi connectivity index (χ0) is 25.3. The molecule has 2 saturated heterocycles. The second-order valence-corrected chi connectivity index (χ2v) is 10.8. The molecule has 2 fully saturated rings. The Morgan fingerprint density at radius 2 is 1.47 bits per heavy atom. The Labute approximate surface area is 217 Å². The number of carbonyl (C=O) groups is 2. The highest BCUT2D eigenvalue weighted by Gasteiger charge is 2.46. The number of nitrogens with zero attached hydrogens (tertiary/aromatic N) is 3. The summed E-state index contributed by atoms with van der Waals surface area (Å²) in [5, 5.41) is 0.492. The van der Waals surface area contributed by atoms with Crippen molar-refractivity contribution < 1.29 is 14.3 Å². The maximum Gasteiger partial charge on any atom is 0.266 e. The first-order valence-electron chi connectivity index (χ1n) is 12.5. The molecule has 5 rings (SSSR count). The topological polar surface area (TPSA) is 54.8 Å². The molecule has 3 aromatic rings. The van der Waals surface area contributed by atoms with E-state index in [-0.39, 0.29) is 17.2 Å². The Morgan fingerprint density at radius 3 is 2.17 bits per heavy atom. The molecule has 2 aliphatic rings. The molecule has 2 aromatic carbocycles. The fourth-order valence-corrected chi connectivity index (χ4v) is 5.65. The standard InChI is InChI=1S/C29H32ClN3O3/c1-28(2,36-25-12-6-4-10-23(25)30)27(35)33-20-15-29(21-33)13-18-32(19-14-29)26(34)22-9-3-5-11-24(22)31-16-7-8-17-31/h3-12,16-17H,13-15,18-21H2,1-2H3. The first-order valence-corrected chi connectivity index (χ1v) is 12.9. The van der Waals surface area contributed by atoms with E-state index in [1.54, 1.807) is 26.0 Å². The Bertz CT molecular complexity index is 1250. The molecule has 1 spiro atoms.